The van der Waals surface area contributed by atoms with Gasteiger partial charge in [0, 0.05) is 6.54 Å². The fourth-order valence-electron chi connectivity index (χ4n) is 3.32. The Morgan fingerprint density at radius 1 is 1.38 bits per heavy atom. The lowest BCUT2D eigenvalue weighted by atomic mass is 10.00. The summed E-state index contributed by atoms with van der Waals surface area (Å²) >= 11 is 0. The molecule has 2 aliphatic rings. The van der Waals surface area contributed by atoms with Gasteiger partial charge in [-0.05, 0) is 57.5 Å². The zero-order valence-corrected chi connectivity index (χ0v) is 12.3. The topological polar surface area (TPSA) is 76.4 Å². The number of nitrogens with zero attached hydrogens (tertiary/aromatic N) is 2. The Labute approximate surface area is 124 Å². The molecule has 2 N–H and O–H groups in total. The number of carbonyl (C=O) groups is 1. The molecule has 0 bridgehead atoms. The SMILES string of the molecule is O=C(O)c1c(OC2CCCC2)cnn1CC1CCCNC1. The summed E-state index contributed by atoms with van der Waals surface area (Å²) in [5.41, 5.74) is 0.201. The van der Waals surface area contributed by atoms with Crippen LogP contribution in [0.2, 0.25) is 0 Å². The lowest BCUT2D eigenvalue weighted by Gasteiger charge is -2.23. The predicted octanol–water partition coefficient (Wildman–Crippen LogP) is 1.90. The second kappa shape index (κ2) is 6.47. The van der Waals surface area contributed by atoms with E-state index in [0.29, 0.717) is 18.2 Å². The number of ether oxygens (including phenoxy) is 1. The Balaban J connectivity index is 1.73. The molecule has 1 saturated carbocycles. The van der Waals surface area contributed by atoms with Crippen molar-refractivity contribution >= 4 is 5.97 Å². The molecule has 0 radical (unpaired) electrons. The normalized spacial score (nSPS) is 23.3. The van der Waals surface area contributed by atoms with Crippen molar-refractivity contribution in [2.75, 3.05) is 13.1 Å². The summed E-state index contributed by atoms with van der Waals surface area (Å²) in [6.45, 7) is 2.62. The van der Waals surface area contributed by atoms with Crippen molar-refractivity contribution in [3.05, 3.63) is 11.9 Å². The van der Waals surface area contributed by atoms with Crippen LogP contribution in [-0.4, -0.2) is 40.0 Å². The number of aromatic carboxylic acids is 1. The van der Waals surface area contributed by atoms with Crippen LogP contribution >= 0.6 is 0 Å². The Kier molecular flexibility index (Phi) is 4.43. The molecule has 0 amide bonds. The second-order valence-corrected chi connectivity index (χ2v) is 6.08. The number of carboxylic acids is 1. The maximum Gasteiger partial charge on any atom is 0.358 e. The van der Waals surface area contributed by atoms with E-state index in [-0.39, 0.29) is 11.8 Å². The lowest BCUT2D eigenvalue weighted by molar-refractivity contribution is 0.0673. The molecule has 2 heterocycles. The minimum atomic E-state index is -0.954. The zero-order chi connectivity index (χ0) is 14.7. The standard InChI is InChI=1S/C15H23N3O3/c19-15(20)14-13(21-12-5-1-2-6-12)9-17-18(14)10-11-4-3-7-16-8-11/h9,11-12,16H,1-8,10H2,(H,19,20). The molecule has 1 aliphatic heterocycles. The number of nitrogens with one attached hydrogen (secondary N) is 1. The van der Waals surface area contributed by atoms with Gasteiger partial charge in [0.1, 0.15) is 0 Å². The van der Waals surface area contributed by atoms with Crippen molar-refractivity contribution in [1.82, 2.24) is 15.1 Å². The van der Waals surface area contributed by atoms with Crippen LogP contribution in [0.15, 0.2) is 6.20 Å². The molecular formula is C15H23N3O3. The van der Waals surface area contributed by atoms with E-state index in [0.717, 1.165) is 51.6 Å². The number of hydrogen-bond acceptors (Lipinski definition) is 4. The molecule has 1 saturated heterocycles. The first-order chi connectivity index (χ1) is 10.2. The second-order valence-electron chi connectivity index (χ2n) is 6.08. The van der Waals surface area contributed by atoms with Gasteiger partial charge in [0.2, 0.25) is 0 Å². The van der Waals surface area contributed by atoms with Crippen LogP contribution in [0.3, 0.4) is 0 Å². The van der Waals surface area contributed by atoms with Crippen LogP contribution in [-0.2, 0) is 6.54 Å². The molecule has 1 unspecified atom stereocenters. The van der Waals surface area contributed by atoms with Crippen LogP contribution < -0.4 is 10.1 Å². The number of carboxylic acid groups (broad SMARTS) is 1. The quantitative estimate of drug-likeness (QED) is 0.867. The maximum absolute atomic E-state index is 11.6. The highest BCUT2D eigenvalue weighted by atomic mass is 16.5. The average Bonchev–Trinajstić information content (AvgIpc) is 3.11. The van der Waals surface area contributed by atoms with E-state index < -0.39 is 5.97 Å². The van der Waals surface area contributed by atoms with Crippen molar-refractivity contribution in [3.63, 3.8) is 0 Å². The van der Waals surface area contributed by atoms with E-state index in [2.05, 4.69) is 10.4 Å². The fourth-order valence-corrected chi connectivity index (χ4v) is 3.32. The van der Waals surface area contributed by atoms with Crippen LogP contribution in [0.5, 0.6) is 5.75 Å². The van der Waals surface area contributed by atoms with Crippen LogP contribution in [0, 0.1) is 5.92 Å². The van der Waals surface area contributed by atoms with Crippen LogP contribution in [0.25, 0.3) is 0 Å². The third-order valence-corrected chi connectivity index (χ3v) is 4.43. The highest BCUT2D eigenvalue weighted by Gasteiger charge is 2.25. The maximum atomic E-state index is 11.6. The number of hydrogen-bond donors (Lipinski definition) is 2. The average molecular weight is 293 g/mol. The smallest absolute Gasteiger partial charge is 0.358 e. The Hall–Kier alpha value is -1.56. The van der Waals surface area contributed by atoms with Crippen molar-refractivity contribution < 1.29 is 14.6 Å². The fraction of sp³-hybridized carbons (Fsp3) is 0.733. The van der Waals surface area contributed by atoms with E-state index in [1.54, 1.807) is 10.9 Å². The monoisotopic (exact) mass is 293 g/mol. The molecule has 2 fully saturated rings. The van der Waals surface area contributed by atoms with Crippen LogP contribution in [0.4, 0.5) is 0 Å². The van der Waals surface area contributed by atoms with Gasteiger partial charge in [-0.3, -0.25) is 4.68 Å². The first-order valence-electron chi connectivity index (χ1n) is 7.90. The summed E-state index contributed by atoms with van der Waals surface area (Å²) in [5.74, 6) is -0.0847. The van der Waals surface area contributed by atoms with E-state index in [1.165, 1.54) is 0 Å². The molecule has 21 heavy (non-hydrogen) atoms. The zero-order valence-electron chi connectivity index (χ0n) is 12.3. The molecule has 6 heteroatoms. The lowest BCUT2D eigenvalue weighted by Crippen LogP contribution is -2.33. The molecule has 1 aromatic heterocycles. The minimum Gasteiger partial charge on any atom is -0.486 e. The number of rotatable bonds is 5. The number of piperidine rings is 1. The van der Waals surface area contributed by atoms with Crippen molar-refractivity contribution in [2.24, 2.45) is 5.92 Å². The third kappa shape index (κ3) is 3.37. The molecule has 3 rings (SSSR count). The van der Waals surface area contributed by atoms with Crippen molar-refractivity contribution in [3.8, 4) is 5.75 Å². The van der Waals surface area contributed by atoms with Crippen LogP contribution in [0.1, 0.15) is 49.0 Å². The molecule has 1 atom stereocenters. The van der Waals surface area contributed by atoms with Gasteiger partial charge >= 0.3 is 5.97 Å². The molecule has 116 valence electrons. The van der Waals surface area contributed by atoms with Crippen molar-refractivity contribution in [1.29, 1.82) is 0 Å². The number of aromatic nitrogens is 2. The van der Waals surface area contributed by atoms with E-state index in [4.69, 9.17) is 4.74 Å². The molecule has 1 aromatic rings. The Bertz CT molecular complexity index is 488. The van der Waals surface area contributed by atoms with Gasteiger partial charge in [-0.15, -0.1) is 0 Å². The Morgan fingerprint density at radius 3 is 2.86 bits per heavy atom. The van der Waals surface area contributed by atoms with E-state index in [9.17, 15) is 9.90 Å². The largest absolute Gasteiger partial charge is 0.486 e. The van der Waals surface area contributed by atoms with E-state index >= 15 is 0 Å². The molecular weight excluding hydrogens is 270 g/mol. The van der Waals surface area contributed by atoms with Gasteiger partial charge in [-0.2, -0.15) is 5.10 Å². The summed E-state index contributed by atoms with van der Waals surface area (Å²) < 4.78 is 7.46. The summed E-state index contributed by atoms with van der Waals surface area (Å²) in [6, 6.07) is 0. The minimum absolute atomic E-state index is 0.150. The van der Waals surface area contributed by atoms with Gasteiger partial charge in [0.15, 0.2) is 11.4 Å². The van der Waals surface area contributed by atoms with Gasteiger partial charge in [-0.25, -0.2) is 4.79 Å². The van der Waals surface area contributed by atoms with E-state index in [1.807, 2.05) is 0 Å². The molecule has 0 spiro atoms. The summed E-state index contributed by atoms with van der Waals surface area (Å²) in [7, 11) is 0. The molecule has 1 aliphatic carbocycles. The summed E-state index contributed by atoms with van der Waals surface area (Å²) in [5, 5.41) is 17.1. The van der Waals surface area contributed by atoms with Gasteiger partial charge in [0.05, 0.1) is 12.3 Å². The highest BCUT2D eigenvalue weighted by molar-refractivity contribution is 5.88. The first kappa shape index (κ1) is 14.4. The third-order valence-electron chi connectivity index (χ3n) is 4.43. The summed E-state index contributed by atoms with van der Waals surface area (Å²) in [4.78, 5) is 11.6. The summed E-state index contributed by atoms with van der Waals surface area (Å²) in [6.07, 6.45) is 8.32. The first-order valence-corrected chi connectivity index (χ1v) is 7.90. The molecule has 0 aromatic carbocycles. The van der Waals surface area contributed by atoms with Crippen molar-refractivity contribution in [2.45, 2.75) is 51.2 Å². The molecule has 6 nitrogen and oxygen atoms in total. The van der Waals surface area contributed by atoms with Gasteiger partial charge in [0.25, 0.3) is 0 Å². The predicted molar refractivity (Wildman–Crippen MR) is 77.7 cm³/mol. The highest BCUT2D eigenvalue weighted by Crippen LogP contribution is 2.27. The van der Waals surface area contributed by atoms with Gasteiger partial charge in [-0.1, -0.05) is 0 Å². The van der Waals surface area contributed by atoms with Gasteiger partial charge < -0.3 is 15.2 Å². The Morgan fingerprint density at radius 2 is 2.19 bits per heavy atom.